The van der Waals surface area contributed by atoms with Gasteiger partial charge in [-0.3, -0.25) is 4.79 Å². The summed E-state index contributed by atoms with van der Waals surface area (Å²) in [7, 11) is 1.42. The van der Waals surface area contributed by atoms with Crippen LogP contribution in [0, 0.1) is 0 Å². The van der Waals surface area contributed by atoms with Crippen molar-refractivity contribution in [1.29, 1.82) is 0 Å². The Bertz CT molecular complexity index is 760. The fourth-order valence-electron chi connectivity index (χ4n) is 1.71. The lowest BCUT2D eigenvalue weighted by molar-refractivity contribution is 0.293. The van der Waals surface area contributed by atoms with E-state index in [-0.39, 0.29) is 17.5 Å². The summed E-state index contributed by atoms with van der Waals surface area (Å²) in [6.45, 7) is 0. The monoisotopic (exact) mass is 243 g/mol. The lowest BCUT2D eigenvalue weighted by atomic mass is 10.1. The summed E-state index contributed by atoms with van der Waals surface area (Å²) in [5, 5.41) is 8.30. The molecule has 2 aromatic heterocycles. The maximum Gasteiger partial charge on any atom is 0.414 e. The van der Waals surface area contributed by atoms with E-state index < -0.39 is 0 Å². The summed E-state index contributed by atoms with van der Waals surface area (Å²) < 4.78 is 9.98. The molecule has 0 amide bonds. The molecular formula is C12H9N3O3. The summed E-state index contributed by atoms with van der Waals surface area (Å²) in [6, 6.07) is 9.17. The molecular weight excluding hydrogens is 234 g/mol. The number of nitrogens with zero attached hydrogens (tertiary/aromatic N) is 2. The molecule has 0 aliphatic heterocycles. The number of aromatic nitrogens is 3. The average molecular weight is 243 g/mol. The van der Waals surface area contributed by atoms with Gasteiger partial charge >= 0.3 is 6.08 Å². The number of fused-ring (bicyclic) bond motifs is 1. The van der Waals surface area contributed by atoms with E-state index in [1.807, 2.05) is 24.3 Å². The Morgan fingerprint density at radius 3 is 2.89 bits per heavy atom. The second-order valence-electron chi connectivity index (χ2n) is 3.68. The van der Waals surface area contributed by atoms with E-state index in [0.717, 1.165) is 10.9 Å². The molecule has 2 heterocycles. The molecule has 0 unspecified atom stereocenters. The molecule has 0 aliphatic carbocycles. The van der Waals surface area contributed by atoms with Gasteiger partial charge < -0.3 is 14.1 Å². The number of para-hydroxylation sites is 1. The number of benzene rings is 1. The van der Waals surface area contributed by atoms with Crippen molar-refractivity contribution in [3.05, 3.63) is 40.7 Å². The second kappa shape index (κ2) is 3.99. The molecule has 0 radical (unpaired) electrons. The number of methoxy groups -OCH3 is 1. The minimum Gasteiger partial charge on any atom is -0.452 e. The first kappa shape index (κ1) is 10.5. The standard InChI is InChI=1S/C12H9N3O3/c1-17-12-15-14-11(18-12)8-6-7-4-2-3-5-9(7)13-10(8)16/h2-6H,1H3,(H,13,16). The smallest absolute Gasteiger partial charge is 0.414 e. The fraction of sp³-hybridized carbons (Fsp3) is 0.0833. The minimum absolute atomic E-state index is 0.0255. The molecule has 3 rings (SSSR count). The van der Waals surface area contributed by atoms with Crippen molar-refractivity contribution >= 4 is 10.9 Å². The highest BCUT2D eigenvalue weighted by molar-refractivity contribution is 5.81. The maximum atomic E-state index is 11.9. The first-order valence-corrected chi connectivity index (χ1v) is 5.28. The van der Waals surface area contributed by atoms with E-state index in [4.69, 9.17) is 9.15 Å². The summed E-state index contributed by atoms with van der Waals surface area (Å²) >= 11 is 0. The van der Waals surface area contributed by atoms with Gasteiger partial charge in [0.05, 0.1) is 7.11 Å². The Morgan fingerprint density at radius 2 is 2.11 bits per heavy atom. The van der Waals surface area contributed by atoms with Crippen LogP contribution >= 0.6 is 0 Å². The molecule has 0 saturated heterocycles. The van der Waals surface area contributed by atoms with E-state index in [1.165, 1.54) is 7.11 Å². The zero-order chi connectivity index (χ0) is 12.5. The number of hydrogen-bond donors (Lipinski definition) is 1. The number of H-pyrrole nitrogens is 1. The third kappa shape index (κ3) is 1.64. The van der Waals surface area contributed by atoms with Gasteiger partial charge in [0.1, 0.15) is 5.56 Å². The first-order chi connectivity index (χ1) is 8.78. The molecule has 6 heteroatoms. The zero-order valence-corrected chi connectivity index (χ0v) is 9.51. The summed E-state index contributed by atoms with van der Waals surface area (Å²) in [5.41, 5.74) is 0.808. The SMILES string of the molecule is COc1nnc(-c2cc3ccccc3[nH]c2=O)o1. The van der Waals surface area contributed by atoms with Gasteiger partial charge in [0, 0.05) is 5.52 Å². The lowest BCUT2D eigenvalue weighted by Crippen LogP contribution is -2.08. The number of pyridine rings is 1. The van der Waals surface area contributed by atoms with Gasteiger partial charge in [-0.1, -0.05) is 23.3 Å². The topological polar surface area (TPSA) is 81.0 Å². The number of rotatable bonds is 2. The minimum atomic E-state index is -0.278. The highest BCUT2D eigenvalue weighted by Gasteiger charge is 2.13. The molecule has 0 atom stereocenters. The van der Waals surface area contributed by atoms with Crippen LogP contribution in [0.5, 0.6) is 6.08 Å². The van der Waals surface area contributed by atoms with Crippen LogP contribution in [0.25, 0.3) is 22.4 Å². The molecule has 3 aromatic rings. The van der Waals surface area contributed by atoms with Crippen molar-refractivity contribution in [2.45, 2.75) is 0 Å². The van der Waals surface area contributed by atoms with Crippen molar-refractivity contribution in [3.63, 3.8) is 0 Å². The Balaban J connectivity index is 2.22. The quantitative estimate of drug-likeness (QED) is 0.739. The van der Waals surface area contributed by atoms with Gasteiger partial charge in [0.25, 0.3) is 11.4 Å². The number of nitrogens with one attached hydrogen (secondary N) is 1. The van der Waals surface area contributed by atoms with E-state index in [0.29, 0.717) is 5.56 Å². The van der Waals surface area contributed by atoms with Gasteiger partial charge in [-0.25, -0.2) is 0 Å². The number of ether oxygens (including phenoxy) is 1. The predicted molar refractivity (Wildman–Crippen MR) is 64.4 cm³/mol. The van der Waals surface area contributed by atoms with E-state index >= 15 is 0 Å². The van der Waals surface area contributed by atoms with Crippen LogP contribution in [0.3, 0.4) is 0 Å². The van der Waals surface area contributed by atoms with Crippen LogP contribution in [0.2, 0.25) is 0 Å². The molecule has 90 valence electrons. The highest BCUT2D eigenvalue weighted by Crippen LogP contribution is 2.20. The van der Waals surface area contributed by atoms with Crippen LogP contribution in [0.15, 0.2) is 39.5 Å². The van der Waals surface area contributed by atoms with Crippen molar-refractivity contribution in [1.82, 2.24) is 15.2 Å². The Morgan fingerprint density at radius 1 is 1.28 bits per heavy atom. The van der Waals surface area contributed by atoms with E-state index in [9.17, 15) is 4.79 Å². The molecule has 0 spiro atoms. The van der Waals surface area contributed by atoms with Crippen LogP contribution < -0.4 is 10.3 Å². The van der Waals surface area contributed by atoms with Crippen LogP contribution in [0.1, 0.15) is 0 Å². The largest absolute Gasteiger partial charge is 0.452 e. The normalized spacial score (nSPS) is 10.7. The number of aromatic amines is 1. The third-order valence-electron chi connectivity index (χ3n) is 2.56. The Kier molecular flexibility index (Phi) is 2.33. The average Bonchev–Trinajstić information content (AvgIpc) is 2.86. The third-order valence-corrected chi connectivity index (χ3v) is 2.56. The molecule has 0 fully saturated rings. The Labute approximate surface area is 101 Å². The van der Waals surface area contributed by atoms with Gasteiger partial charge in [0.2, 0.25) is 0 Å². The van der Waals surface area contributed by atoms with Crippen molar-refractivity contribution < 1.29 is 9.15 Å². The fourth-order valence-corrected chi connectivity index (χ4v) is 1.71. The molecule has 18 heavy (non-hydrogen) atoms. The summed E-state index contributed by atoms with van der Waals surface area (Å²) in [5.74, 6) is 0.138. The zero-order valence-electron chi connectivity index (χ0n) is 9.51. The molecule has 0 bridgehead atoms. The van der Waals surface area contributed by atoms with Crippen LogP contribution in [-0.4, -0.2) is 22.3 Å². The van der Waals surface area contributed by atoms with E-state index in [1.54, 1.807) is 6.07 Å². The van der Waals surface area contributed by atoms with Crippen molar-refractivity contribution in [2.75, 3.05) is 7.11 Å². The number of hydrogen-bond acceptors (Lipinski definition) is 5. The maximum absolute atomic E-state index is 11.9. The van der Waals surface area contributed by atoms with Crippen LogP contribution in [-0.2, 0) is 0 Å². The second-order valence-corrected chi connectivity index (χ2v) is 3.68. The van der Waals surface area contributed by atoms with Gasteiger partial charge in [-0.05, 0) is 17.5 Å². The van der Waals surface area contributed by atoms with Gasteiger partial charge in [0.15, 0.2) is 0 Å². The Hall–Kier alpha value is -2.63. The summed E-state index contributed by atoms with van der Waals surface area (Å²) in [4.78, 5) is 14.7. The molecule has 0 aliphatic rings. The molecule has 0 saturated carbocycles. The molecule has 1 aromatic carbocycles. The van der Waals surface area contributed by atoms with Crippen LogP contribution in [0.4, 0.5) is 0 Å². The van der Waals surface area contributed by atoms with Gasteiger partial charge in [-0.2, -0.15) is 0 Å². The van der Waals surface area contributed by atoms with E-state index in [2.05, 4.69) is 15.2 Å². The van der Waals surface area contributed by atoms with Gasteiger partial charge in [-0.15, -0.1) is 5.10 Å². The molecule has 1 N–H and O–H groups in total. The van der Waals surface area contributed by atoms with Crippen molar-refractivity contribution in [3.8, 4) is 17.5 Å². The molecule has 6 nitrogen and oxygen atoms in total. The van der Waals surface area contributed by atoms with Crippen molar-refractivity contribution in [2.24, 2.45) is 0 Å². The lowest BCUT2D eigenvalue weighted by Gasteiger charge is -1.99. The highest BCUT2D eigenvalue weighted by atomic mass is 16.6. The predicted octanol–water partition coefficient (Wildman–Crippen LogP) is 1.59. The summed E-state index contributed by atoms with van der Waals surface area (Å²) in [6.07, 6.45) is 0.0255. The first-order valence-electron chi connectivity index (χ1n) is 5.28.